The molecule has 1 aliphatic rings. The smallest absolute Gasteiger partial charge is 0.251 e. The third kappa shape index (κ3) is 4.34. The number of amides is 1. The molecule has 4 atom stereocenters. The van der Waals surface area contributed by atoms with Crippen molar-refractivity contribution in [2.45, 2.75) is 37.9 Å². The molecule has 3 unspecified atom stereocenters. The SMILES string of the molecule is CNC(=O)c1cccc(-c2ccc(O[C@H]3OC(CO)CC(O)C3O)c(C)c2)c1. The third-order valence-electron chi connectivity index (χ3n) is 4.81. The quantitative estimate of drug-likeness (QED) is 0.615. The molecule has 2 aromatic carbocycles. The minimum Gasteiger partial charge on any atom is -0.462 e. The second kappa shape index (κ2) is 8.70. The molecule has 0 saturated carbocycles. The van der Waals surface area contributed by atoms with Crippen LogP contribution in [0, 0.1) is 6.92 Å². The van der Waals surface area contributed by atoms with Crippen LogP contribution in [0.5, 0.6) is 5.75 Å². The van der Waals surface area contributed by atoms with Gasteiger partial charge in [-0.05, 0) is 47.9 Å². The van der Waals surface area contributed by atoms with Gasteiger partial charge in [0.2, 0.25) is 6.29 Å². The Morgan fingerprint density at radius 2 is 1.96 bits per heavy atom. The Balaban J connectivity index is 1.80. The largest absolute Gasteiger partial charge is 0.462 e. The van der Waals surface area contributed by atoms with Gasteiger partial charge in [0.15, 0.2) is 0 Å². The van der Waals surface area contributed by atoms with Crippen molar-refractivity contribution in [1.82, 2.24) is 5.32 Å². The van der Waals surface area contributed by atoms with Crippen molar-refractivity contribution in [2.75, 3.05) is 13.7 Å². The van der Waals surface area contributed by atoms with Crippen LogP contribution in [-0.2, 0) is 4.74 Å². The lowest BCUT2D eigenvalue weighted by Gasteiger charge is -2.36. The molecule has 0 radical (unpaired) electrons. The van der Waals surface area contributed by atoms with E-state index in [0.717, 1.165) is 16.7 Å². The van der Waals surface area contributed by atoms with E-state index in [2.05, 4.69) is 5.32 Å². The summed E-state index contributed by atoms with van der Waals surface area (Å²) in [4.78, 5) is 11.8. The lowest BCUT2D eigenvalue weighted by Crippen LogP contribution is -2.51. The highest BCUT2D eigenvalue weighted by Gasteiger charge is 2.38. The zero-order valence-electron chi connectivity index (χ0n) is 15.8. The maximum absolute atomic E-state index is 11.8. The highest BCUT2D eigenvalue weighted by molar-refractivity contribution is 5.95. The van der Waals surface area contributed by atoms with E-state index in [4.69, 9.17) is 9.47 Å². The molecule has 1 fully saturated rings. The van der Waals surface area contributed by atoms with Crippen LogP contribution in [0.3, 0.4) is 0 Å². The Hall–Kier alpha value is -2.45. The zero-order valence-corrected chi connectivity index (χ0v) is 15.8. The Kier molecular flexibility index (Phi) is 6.31. The van der Waals surface area contributed by atoms with Gasteiger partial charge in [-0.1, -0.05) is 18.2 Å². The van der Waals surface area contributed by atoms with Crippen molar-refractivity contribution in [2.24, 2.45) is 0 Å². The molecule has 2 aromatic rings. The minimum atomic E-state index is -1.20. The molecule has 1 aliphatic heterocycles. The van der Waals surface area contributed by atoms with E-state index in [9.17, 15) is 20.1 Å². The van der Waals surface area contributed by atoms with Crippen molar-refractivity contribution >= 4 is 5.91 Å². The summed E-state index contributed by atoms with van der Waals surface area (Å²) in [6, 6.07) is 12.8. The number of nitrogens with one attached hydrogen (secondary N) is 1. The number of carbonyl (C=O) groups excluding carboxylic acids is 1. The Bertz CT molecular complexity index is 839. The summed E-state index contributed by atoms with van der Waals surface area (Å²) in [5, 5.41) is 31.9. The summed E-state index contributed by atoms with van der Waals surface area (Å²) in [6.45, 7) is 1.60. The van der Waals surface area contributed by atoms with Crippen LogP contribution in [0.25, 0.3) is 11.1 Å². The topological polar surface area (TPSA) is 108 Å². The molecule has 3 rings (SSSR count). The lowest BCUT2D eigenvalue weighted by molar-refractivity contribution is -0.240. The van der Waals surface area contributed by atoms with Crippen molar-refractivity contribution in [1.29, 1.82) is 0 Å². The maximum Gasteiger partial charge on any atom is 0.251 e. The van der Waals surface area contributed by atoms with Crippen molar-refractivity contribution in [3.05, 3.63) is 53.6 Å². The molecular weight excluding hydrogens is 362 g/mol. The minimum absolute atomic E-state index is 0.150. The van der Waals surface area contributed by atoms with Crippen LogP contribution in [-0.4, -0.2) is 59.5 Å². The summed E-state index contributed by atoms with van der Waals surface area (Å²) in [5.41, 5.74) is 3.18. The van der Waals surface area contributed by atoms with Gasteiger partial charge >= 0.3 is 0 Å². The number of rotatable bonds is 5. The first kappa shape index (κ1) is 20.3. The van der Waals surface area contributed by atoms with E-state index in [0.29, 0.717) is 11.3 Å². The molecule has 28 heavy (non-hydrogen) atoms. The predicted octanol–water partition coefficient (Wildman–Crippen LogP) is 1.23. The molecule has 7 heteroatoms. The number of aliphatic hydroxyl groups excluding tert-OH is 3. The van der Waals surface area contributed by atoms with Crippen LogP contribution in [0.4, 0.5) is 0 Å². The highest BCUT2D eigenvalue weighted by atomic mass is 16.7. The number of benzene rings is 2. The van der Waals surface area contributed by atoms with Crippen molar-refractivity contribution in [3.63, 3.8) is 0 Å². The van der Waals surface area contributed by atoms with Gasteiger partial charge in [0, 0.05) is 19.0 Å². The summed E-state index contributed by atoms with van der Waals surface area (Å²) in [7, 11) is 1.59. The van der Waals surface area contributed by atoms with E-state index < -0.39 is 24.6 Å². The van der Waals surface area contributed by atoms with Crippen molar-refractivity contribution in [3.8, 4) is 16.9 Å². The average Bonchev–Trinajstić information content (AvgIpc) is 2.71. The van der Waals surface area contributed by atoms with E-state index in [-0.39, 0.29) is 18.9 Å². The Morgan fingerprint density at radius 3 is 2.64 bits per heavy atom. The van der Waals surface area contributed by atoms with Crippen LogP contribution < -0.4 is 10.1 Å². The van der Waals surface area contributed by atoms with Gasteiger partial charge in [0.05, 0.1) is 18.8 Å². The molecule has 0 bridgehead atoms. The predicted molar refractivity (Wildman–Crippen MR) is 103 cm³/mol. The second-order valence-electron chi connectivity index (χ2n) is 6.86. The van der Waals surface area contributed by atoms with Gasteiger partial charge in [0.1, 0.15) is 11.9 Å². The first-order valence-corrected chi connectivity index (χ1v) is 9.15. The van der Waals surface area contributed by atoms with Crippen LogP contribution in [0.2, 0.25) is 0 Å². The van der Waals surface area contributed by atoms with E-state index >= 15 is 0 Å². The van der Waals surface area contributed by atoms with Crippen molar-refractivity contribution < 1.29 is 29.6 Å². The molecule has 4 N–H and O–H groups in total. The molecule has 0 spiro atoms. The normalized spacial score (nSPS) is 24.6. The Morgan fingerprint density at radius 1 is 1.21 bits per heavy atom. The number of ether oxygens (including phenoxy) is 2. The van der Waals surface area contributed by atoms with Crippen LogP contribution in [0.15, 0.2) is 42.5 Å². The monoisotopic (exact) mass is 387 g/mol. The highest BCUT2D eigenvalue weighted by Crippen LogP contribution is 2.30. The zero-order chi connectivity index (χ0) is 20.3. The lowest BCUT2D eigenvalue weighted by atomic mass is 10.0. The van der Waals surface area contributed by atoms with Gasteiger partial charge < -0.3 is 30.1 Å². The second-order valence-corrected chi connectivity index (χ2v) is 6.86. The first-order valence-electron chi connectivity index (χ1n) is 9.15. The molecule has 1 heterocycles. The standard InChI is InChI=1S/C21H25NO6/c1-12-8-14(13-4-3-5-15(9-13)20(26)22-2)6-7-18(12)28-21-19(25)17(24)10-16(11-23)27-21/h3-9,16-17,19,21,23-25H,10-11H2,1-2H3,(H,22,26)/t16?,17?,19?,21-/m1/s1. The maximum atomic E-state index is 11.8. The summed E-state index contributed by atoms with van der Waals surface area (Å²) in [5.74, 6) is 0.347. The Labute approximate surface area is 163 Å². The van der Waals surface area contributed by atoms with E-state index in [1.165, 1.54) is 0 Å². The average molecular weight is 387 g/mol. The van der Waals surface area contributed by atoms with E-state index in [1.807, 2.05) is 37.3 Å². The number of aryl methyl sites for hydroxylation is 1. The molecular formula is C21H25NO6. The van der Waals surface area contributed by atoms with Gasteiger partial charge in [-0.2, -0.15) is 0 Å². The molecule has 1 saturated heterocycles. The molecule has 0 aromatic heterocycles. The molecule has 7 nitrogen and oxygen atoms in total. The summed E-state index contributed by atoms with van der Waals surface area (Å²) >= 11 is 0. The number of hydrogen-bond donors (Lipinski definition) is 4. The number of hydrogen-bond acceptors (Lipinski definition) is 6. The fourth-order valence-electron chi connectivity index (χ4n) is 3.20. The first-order chi connectivity index (χ1) is 13.4. The van der Waals surface area contributed by atoms with Gasteiger partial charge in [-0.15, -0.1) is 0 Å². The number of carbonyl (C=O) groups is 1. The fraction of sp³-hybridized carbons (Fsp3) is 0.381. The molecule has 0 aliphatic carbocycles. The fourth-order valence-corrected chi connectivity index (χ4v) is 3.20. The van der Waals surface area contributed by atoms with Crippen LogP contribution >= 0.6 is 0 Å². The molecule has 150 valence electrons. The van der Waals surface area contributed by atoms with Gasteiger partial charge in [-0.25, -0.2) is 0 Å². The van der Waals surface area contributed by atoms with Crippen LogP contribution in [0.1, 0.15) is 22.3 Å². The third-order valence-corrected chi connectivity index (χ3v) is 4.81. The summed E-state index contributed by atoms with van der Waals surface area (Å²) in [6.07, 6.45) is -3.73. The summed E-state index contributed by atoms with van der Waals surface area (Å²) < 4.78 is 11.3. The molecule has 1 amide bonds. The van der Waals surface area contributed by atoms with Gasteiger partial charge in [-0.3, -0.25) is 4.79 Å². The van der Waals surface area contributed by atoms with E-state index in [1.54, 1.807) is 19.2 Å². The number of aliphatic hydroxyl groups is 3. The van der Waals surface area contributed by atoms with Gasteiger partial charge in [0.25, 0.3) is 5.91 Å².